The molecule has 2 saturated heterocycles. The Morgan fingerprint density at radius 2 is 1.92 bits per heavy atom. The van der Waals surface area contributed by atoms with Crippen LogP contribution in [0.4, 0.5) is 11.4 Å². The fourth-order valence-corrected chi connectivity index (χ4v) is 3.50. The number of benzene rings is 1. The van der Waals surface area contributed by atoms with E-state index in [1.807, 2.05) is 12.1 Å². The molecule has 2 aliphatic heterocycles. The molecule has 0 saturated carbocycles. The number of hydrogen-bond acceptors (Lipinski definition) is 4. The van der Waals surface area contributed by atoms with Crippen molar-refractivity contribution in [2.45, 2.75) is 19.3 Å². The van der Waals surface area contributed by atoms with E-state index in [4.69, 9.17) is 11.6 Å². The van der Waals surface area contributed by atoms with Crippen LogP contribution in [0.25, 0.3) is 0 Å². The fourth-order valence-electron chi connectivity index (χ4n) is 3.32. The minimum absolute atomic E-state index is 0.0618. The predicted octanol–water partition coefficient (Wildman–Crippen LogP) is 2.04. The van der Waals surface area contributed by atoms with Crippen molar-refractivity contribution < 1.29 is 9.59 Å². The van der Waals surface area contributed by atoms with E-state index in [9.17, 15) is 9.59 Å². The van der Waals surface area contributed by atoms with Gasteiger partial charge in [0.2, 0.25) is 11.8 Å². The summed E-state index contributed by atoms with van der Waals surface area (Å²) < 4.78 is 0. The Morgan fingerprint density at radius 1 is 1.16 bits per heavy atom. The Morgan fingerprint density at radius 3 is 2.64 bits per heavy atom. The van der Waals surface area contributed by atoms with Gasteiger partial charge in [-0.25, -0.2) is 0 Å². The van der Waals surface area contributed by atoms with Crippen molar-refractivity contribution in [2.24, 2.45) is 0 Å². The standard InChI is InChI=1S/C18H25ClN4O2/c1-21-8-10-22(11-9-21)16-6-5-14(19)12-15(16)20-17(24)13-23-7-3-2-4-18(23)25/h5-6,12H,2-4,7-11,13H2,1H3,(H,20,24). The number of carbonyl (C=O) groups excluding carboxylic acids is 2. The molecule has 3 rings (SSSR count). The molecule has 7 heteroatoms. The van der Waals surface area contributed by atoms with Crippen LogP contribution in [0.2, 0.25) is 5.02 Å². The zero-order valence-corrected chi connectivity index (χ0v) is 15.4. The first-order valence-electron chi connectivity index (χ1n) is 8.83. The molecule has 25 heavy (non-hydrogen) atoms. The van der Waals surface area contributed by atoms with Crippen molar-refractivity contribution in [2.75, 3.05) is 56.5 Å². The van der Waals surface area contributed by atoms with Gasteiger partial charge in [-0.1, -0.05) is 11.6 Å². The van der Waals surface area contributed by atoms with E-state index in [1.54, 1.807) is 11.0 Å². The normalized spacial score (nSPS) is 19.2. The highest BCUT2D eigenvalue weighted by Gasteiger charge is 2.22. The Balaban J connectivity index is 1.69. The molecule has 6 nitrogen and oxygen atoms in total. The lowest BCUT2D eigenvalue weighted by Crippen LogP contribution is -2.45. The Bertz CT molecular complexity index is 644. The molecule has 2 aliphatic rings. The van der Waals surface area contributed by atoms with Crippen LogP contribution in [0.15, 0.2) is 18.2 Å². The van der Waals surface area contributed by atoms with Gasteiger partial charge in [-0.2, -0.15) is 0 Å². The summed E-state index contributed by atoms with van der Waals surface area (Å²) in [5, 5.41) is 3.54. The van der Waals surface area contributed by atoms with Gasteiger partial charge in [0.1, 0.15) is 0 Å². The lowest BCUT2D eigenvalue weighted by Gasteiger charge is -2.35. The van der Waals surface area contributed by atoms with Gasteiger partial charge in [0, 0.05) is 44.2 Å². The Kier molecular flexibility index (Phi) is 5.81. The van der Waals surface area contributed by atoms with Crippen LogP contribution < -0.4 is 10.2 Å². The summed E-state index contributed by atoms with van der Waals surface area (Å²) in [7, 11) is 2.11. The minimum atomic E-state index is -0.173. The highest BCUT2D eigenvalue weighted by atomic mass is 35.5. The second-order valence-corrected chi connectivity index (χ2v) is 7.21. The van der Waals surface area contributed by atoms with Crippen LogP contribution in [-0.4, -0.2) is 67.9 Å². The molecule has 1 aromatic rings. The minimum Gasteiger partial charge on any atom is -0.367 e. The van der Waals surface area contributed by atoms with Crippen LogP contribution in [0.5, 0.6) is 0 Å². The summed E-state index contributed by atoms with van der Waals surface area (Å²) in [5.41, 5.74) is 1.70. The summed E-state index contributed by atoms with van der Waals surface area (Å²) in [6.45, 7) is 4.55. The smallest absolute Gasteiger partial charge is 0.244 e. The van der Waals surface area contributed by atoms with Crippen molar-refractivity contribution in [3.05, 3.63) is 23.2 Å². The van der Waals surface area contributed by atoms with Gasteiger partial charge in [0.15, 0.2) is 0 Å². The van der Waals surface area contributed by atoms with Crippen LogP contribution in [0, 0.1) is 0 Å². The van der Waals surface area contributed by atoms with Gasteiger partial charge >= 0.3 is 0 Å². The number of halogens is 1. The van der Waals surface area contributed by atoms with Crippen molar-refractivity contribution in [1.29, 1.82) is 0 Å². The molecule has 0 aliphatic carbocycles. The van der Waals surface area contributed by atoms with Gasteiger partial charge in [-0.05, 0) is 38.1 Å². The molecule has 1 N–H and O–H groups in total. The number of likely N-dealkylation sites (tertiary alicyclic amines) is 1. The van der Waals surface area contributed by atoms with Crippen molar-refractivity contribution in [3.63, 3.8) is 0 Å². The van der Waals surface area contributed by atoms with Crippen molar-refractivity contribution in [3.8, 4) is 0 Å². The number of piperazine rings is 1. The molecule has 136 valence electrons. The SMILES string of the molecule is CN1CCN(c2ccc(Cl)cc2NC(=O)CN2CCCCC2=O)CC1. The highest BCUT2D eigenvalue weighted by Crippen LogP contribution is 2.30. The zero-order valence-electron chi connectivity index (χ0n) is 14.6. The number of amides is 2. The number of likely N-dealkylation sites (N-methyl/N-ethyl adjacent to an activating group) is 1. The summed E-state index contributed by atoms with van der Waals surface area (Å²) in [5.74, 6) is -0.111. The molecule has 0 bridgehead atoms. The molecule has 0 radical (unpaired) electrons. The van der Waals surface area contributed by atoms with Gasteiger partial charge < -0.3 is 20.0 Å². The molecule has 2 fully saturated rings. The van der Waals surface area contributed by atoms with E-state index < -0.39 is 0 Å². The van der Waals surface area contributed by atoms with E-state index in [1.165, 1.54) is 0 Å². The summed E-state index contributed by atoms with van der Waals surface area (Å²) in [6.07, 6.45) is 2.42. The van der Waals surface area contributed by atoms with E-state index in [2.05, 4.69) is 22.2 Å². The topological polar surface area (TPSA) is 55.9 Å². The number of piperidine rings is 1. The number of carbonyl (C=O) groups is 2. The monoisotopic (exact) mass is 364 g/mol. The number of rotatable bonds is 4. The van der Waals surface area contributed by atoms with Crippen LogP contribution in [0.1, 0.15) is 19.3 Å². The maximum absolute atomic E-state index is 12.4. The van der Waals surface area contributed by atoms with Gasteiger partial charge in [-0.15, -0.1) is 0 Å². The van der Waals surface area contributed by atoms with Crippen LogP contribution >= 0.6 is 11.6 Å². The third-order valence-electron chi connectivity index (χ3n) is 4.83. The van der Waals surface area contributed by atoms with E-state index in [0.717, 1.165) is 44.7 Å². The number of nitrogens with zero attached hydrogens (tertiary/aromatic N) is 3. The Hall–Kier alpha value is -1.79. The molecule has 0 unspecified atom stereocenters. The number of hydrogen-bond donors (Lipinski definition) is 1. The van der Waals surface area contributed by atoms with Crippen molar-refractivity contribution >= 4 is 34.8 Å². The average molecular weight is 365 g/mol. The number of anilines is 2. The molecular formula is C18H25ClN4O2. The largest absolute Gasteiger partial charge is 0.367 e. The van der Waals surface area contributed by atoms with E-state index >= 15 is 0 Å². The molecule has 2 amide bonds. The summed E-state index contributed by atoms with van der Waals surface area (Å²) >= 11 is 6.13. The first-order valence-corrected chi connectivity index (χ1v) is 9.21. The van der Waals surface area contributed by atoms with E-state index in [0.29, 0.717) is 23.7 Å². The second kappa shape index (κ2) is 8.06. The van der Waals surface area contributed by atoms with Gasteiger partial charge in [0.25, 0.3) is 0 Å². The third-order valence-corrected chi connectivity index (χ3v) is 5.07. The van der Waals surface area contributed by atoms with E-state index in [-0.39, 0.29) is 18.4 Å². The van der Waals surface area contributed by atoms with Gasteiger partial charge in [0.05, 0.1) is 17.9 Å². The number of nitrogens with one attached hydrogen (secondary N) is 1. The van der Waals surface area contributed by atoms with Crippen molar-refractivity contribution in [1.82, 2.24) is 9.80 Å². The quantitative estimate of drug-likeness (QED) is 0.888. The molecule has 1 aromatic carbocycles. The zero-order chi connectivity index (χ0) is 17.8. The maximum Gasteiger partial charge on any atom is 0.244 e. The summed E-state index contributed by atoms with van der Waals surface area (Å²) in [6, 6.07) is 5.58. The predicted molar refractivity (Wildman–Crippen MR) is 100 cm³/mol. The lowest BCUT2D eigenvalue weighted by molar-refractivity contribution is -0.136. The molecular weight excluding hydrogens is 340 g/mol. The molecule has 0 atom stereocenters. The first-order chi connectivity index (χ1) is 12.0. The maximum atomic E-state index is 12.4. The second-order valence-electron chi connectivity index (χ2n) is 6.77. The summed E-state index contributed by atoms with van der Waals surface area (Å²) in [4.78, 5) is 30.5. The van der Waals surface area contributed by atoms with Crippen LogP contribution in [0.3, 0.4) is 0 Å². The fraction of sp³-hybridized carbons (Fsp3) is 0.556. The first kappa shape index (κ1) is 18.0. The lowest BCUT2D eigenvalue weighted by atomic mass is 10.1. The third kappa shape index (κ3) is 4.64. The van der Waals surface area contributed by atoms with Gasteiger partial charge in [-0.3, -0.25) is 9.59 Å². The Labute approximate surface area is 153 Å². The molecule has 0 aromatic heterocycles. The average Bonchev–Trinajstić information content (AvgIpc) is 2.58. The molecule has 2 heterocycles. The highest BCUT2D eigenvalue weighted by molar-refractivity contribution is 6.31. The van der Waals surface area contributed by atoms with Crippen LogP contribution in [-0.2, 0) is 9.59 Å². The molecule has 0 spiro atoms.